The largest absolute Gasteiger partial charge is 0.464 e. The fourth-order valence-electron chi connectivity index (χ4n) is 3.78. The Balaban J connectivity index is 1.70. The summed E-state index contributed by atoms with van der Waals surface area (Å²) in [6.45, 7) is 1.35. The number of thiophene rings is 1. The van der Waals surface area contributed by atoms with E-state index in [-0.39, 0.29) is 47.9 Å². The van der Waals surface area contributed by atoms with Gasteiger partial charge in [0.15, 0.2) is 11.3 Å². The van der Waals surface area contributed by atoms with Crippen molar-refractivity contribution in [3.8, 4) is 11.3 Å². The van der Waals surface area contributed by atoms with Crippen molar-refractivity contribution in [3.63, 3.8) is 0 Å². The summed E-state index contributed by atoms with van der Waals surface area (Å²) in [6.07, 6.45) is -6.47. The van der Waals surface area contributed by atoms with Crippen LogP contribution in [0.4, 0.5) is 27.6 Å². The summed E-state index contributed by atoms with van der Waals surface area (Å²) in [7, 11) is 0. The summed E-state index contributed by atoms with van der Waals surface area (Å²) < 4.78 is 73.6. The van der Waals surface area contributed by atoms with Crippen LogP contribution >= 0.6 is 27.3 Å². The number of nitrogens with zero attached hydrogens (tertiary/aromatic N) is 4. The number of hydrogen-bond acceptors (Lipinski definition) is 7. The molecule has 16 heteroatoms. The number of nitrogens with two attached hydrogens (primary N) is 1. The number of aryl methyl sites for hydroxylation is 1. The second-order valence-corrected chi connectivity index (χ2v) is 9.65. The van der Waals surface area contributed by atoms with Crippen LogP contribution in [0.1, 0.15) is 43.7 Å². The summed E-state index contributed by atoms with van der Waals surface area (Å²) in [5.41, 5.74) is 2.89. The highest BCUT2D eigenvalue weighted by atomic mass is 79.9. The van der Waals surface area contributed by atoms with Gasteiger partial charge in [0.05, 0.1) is 16.4 Å². The zero-order chi connectivity index (χ0) is 27.5. The van der Waals surface area contributed by atoms with Gasteiger partial charge in [0.25, 0.3) is 18.2 Å². The van der Waals surface area contributed by atoms with Gasteiger partial charge < -0.3 is 15.5 Å². The van der Waals surface area contributed by atoms with Gasteiger partial charge in [-0.15, -0.1) is 11.3 Å². The highest BCUT2D eigenvalue weighted by Crippen LogP contribution is 2.43. The predicted octanol–water partition coefficient (Wildman–Crippen LogP) is 5.98. The van der Waals surface area contributed by atoms with Gasteiger partial charge in [-0.05, 0) is 47.1 Å². The van der Waals surface area contributed by atoms with Crippen molar-refractivity contribution in [2.24, 2.45) is 5.73 Å². The van der Waals surface area contributed by atoms with Crippen molar-refractivity contribution >= 4 is 60.6 Å². The smallest absolute Gasteiger partial charge is 0.433 e. The lowest BCUT2D eigenvalue weighted by Gasteiger charge is -2.09. The van der Waals surface area contributed by atoms with E-state index in [1.807, 2.05) is 0 Å². The number of hydrogen-bond donors (Lipinski definition) is 2. The number of fused-ring (bicyclic) bond motifs is 2. The maximum absolute atomic E-state index is 13.6. The molecule has 0 aliphatic rings. The molecule has 5 aromatic heterocycles. The van der Waals surface area contributed by atoms with Crippen molar-refractivity contribution in [2.75, 3.05) is 5.32 Å². The van der Waals surface area contributed by atoms with Crippen LogP contribution < -0.4 is 11.1 Å². The SMILES string of the molecule is Cc1cc(C(F)(F)F)n2nc(C(=O)Nc3c(C(N)=O)sc4nc(C(F)F)cc(-c5ccco5)c34)c(Br)c2n1. The molecule has 0 fully saturated rings. The van der Waals surface area contributed by atoms with Gasteiger partial charge >= 0.3 is 6.18 Å². The number of pyridine rings is 1. The quantitative estimate of drug-likeness (QED) is 0.234. The first-order chi connectivity index (χ1) is 17.9. The molecule has 38 heavy (non-hydrogen) atoms. The highest BCUT2D eigenvalue weighted by Gasteiger charge is 2.36. The summed E-state index contributed by atoms with van der Waals surface area (Å²) >= 11 is 3.74. The van der Waals surface area contributed by atoms with Gasteiger partial charge in [0.1, 0.15) is 26.9 Å². The second-order valence-electron chi connectivity index (χ2n) is 7.86. The first kappa shape index (κ1) is 25.7. The minimum Gasteiger partial charge on any atom is -0.464 e. The summed E-state index contributed by atoms with van der Waals surface area (Å²) in [5.74, 6) is -1.90. The Morgan fingerprint density at radius 2 is 1.97 bits per heavy atom. The molecule has 0 aliphatic heterocycles. The van der Waals surface area contributed by atoms with Gasteiger partial charge in [-0.1, -0.05) is 0 Å². The van der Waals surface area contributed by atoms with Crippen LogP contribution in [0.15, 0.2) is 39.4 Å². The van der Waals surface area contributed by atoms with Gasteiger partial charge in [-0.2, -0.15) is 18.3 Å². The molecule has 0 saturated carbocycles. The monoisotopic (exact) mass is 614 g/mol. The molecule has 0 bridgehead atoms. The second kappa shape index (κ2) is 9.13. The zero-order valence-corrected chi connectivity index (χ0v) is 21.1. The number of alkyl halides is 5. The number of aromatic nitrogens is 4. The van der Waals surface area contributed by atoms with Crippen LogP contribution in [0.2, 0.25) is 0 Å². The summed E-state index contributed by atoms with van der Waals surface area (Å²) in [4.78, 5) is 33.2. The van der Waals surface area contributed by atoms with Gasteiger partial charge in [0.2, 0.25) is 0 Å². The topological polar surface area (TPSA) is 128 Å². The molecule has 0 atom stereocenters. The lowest BCUT2D eigenvalue weighted by Crippen LogP contribution is -2.18. The average molecular weight is 615 g/mol. The van der Waals surface area contributed by atoms with Crippen molar-refractivity contribution < 1.29 is 36.0 Å². The minimum absolute atomic E-state index is 0.0289. The number of primary amides is 1. The maximum Gasteiger partial charge on any atom is 0.433 e. The number of nitrogens with one attached hydrogen (secondary N) is 1. The predicted molar refractivity (Wildman–Crippen MR) is 129 cm³/mol. The van der Waals surface area contributed by atoms with Gasteiger partial charge in [-0.25, -0.2) is 23.3 Å². The van der Waals surface area contributed by atoms with Gasteiger partial charge in [-0.3, -0.25) is 9.59 Å². The molecule has 5 aromatic rings. The molecule has 0 saturated heterocycles. The molecule has 2 amide bonds. The van der Waals surface area contributed by atoms with Crippen LogP contribution in [-0.4, -0.2) is 31.4 Å². The Bertz CT molecular complexity index is 1750. The Morgan fingerprint density at radius 3 is 2.58 bits per heavy atom. The molecule has 3 N–H and O–H groups in total. The Labute approximate surface area is 220 Å². The number of carbonyl (C=O) groups excluding carboxylic acids is 2. The number of amides is 2. The number of halogens is 6. The molecule has 0 aliphatic carbocycles. The molecule has 0 unspecified atom stereocenters. The van der Waals surface area contributed by atoms with Crippen molar-refractivity contribution in [1.82, 2.24) is 19.6 Å². The van der Waals surface area contributed by atoms with E-state index in [0.717, 1.165) is 12.1 Å². The Morgan fingerprint density at radius 1 is 1.24 bits per heavy atom. The van der Waals surface area contributed by atoms with E-state index < -0.39 is 41.5 Å². The molecule has 0 radical (unpaired) electrons. The molecular weight excluding hydrogens is 603 g/mol. The van der Waals surface area contributed by atoms with Crippen LogP contribution in [0, 0.1) is 6.92 Å². The molecule has 0 spiro atoms. The third-order valence-corrected chi connectivity index (χ3v) is 7.15. The van der Waals surface area contributed by atoms with Crippen LogP contribution in [0.3, 0.4) is 0 Å². The number of furan rings is 1. The zero-order valence-electron chi connectivity index (χ0n) is 18.7. The van der Waals surface area contributed by atoms with E-state index in [0.29, 0.717) is 15.9 Å². The summed E-state index contributed by atoms with van der Waals surface area (Å²) in [5, 5.41) is 6.31. The van der Waals surface area contributed by atoms with Crippen molar-refractivity contribution in [3.05, 3.63) is 62.7 Å². The highest BCUT2D eigenvalue weighted by molar-refractivity contribution is 9.10. The lowest BCUT2D eigenvalue weighted by molar-refractivity contribution is -0.142. The van der Waals surface area contributed by atoms with Crippen molar-refractivity contribution in [1.29, 1.82) is 0 Å². The summed E-state index contributed by atoms with van der Waals surface area (Å²) in [6, 6.07) is 4.79. The third-order valence-electron chi connectivity index (χ3n) is 5.32. The van der Waals surface area contributed by atoms with Gasteiger partial charge in [0, 0.05) is 16.6 Å². The fourth-order valence-corrected chi connectivity index (χ4v) is 5.31. The molecule has 0 aromatic carbocycles. The maximum atomic E-state index is 13.6. The van der Waals surface area contributed by atoms with E-state index in [1.54, 1.807) is 0 Å². The normalized spacial score (nSPS) is 12.1. The number of carbonyl (C=O) groups is 2. The Kier molecular flexibility index (Phi) is 6.18. The molecule has 196 valence electrons. The molecular formula is C22H12BrF5N6O3S. The average Bonchev–Trinajstić information content (AvgIpc) is 3.56. The van der Waals surface area contributed by atoms with E-state index in [1.165, 1.54) is 25.3 Å². The van der Waals surface area contributed by atoms with Crippen LogP contribution in [-0.2, 0) is 6.18 Å². The van der Waals surface area contributed by atoms with E-state index in [4.69, 9.17) is 10.2 Å². The van der Waals surface area contributed by atoms with Crippen LogP contribution in [0.5, 0.6) is 0 Å². The standard InChI is InChI=1S/C22H12BrF5N6O3S/c1-7-5-11(22(26,27)28)34-19(30-7)13(23)15(33-34)20(36)32-14-12-8(10-3-2-4-37-10)6-9(17(24)25)31-21(12)38-16(14)18(29)35/h2-6,17H,1H3,(H2,29,35)(H,32,36). The molecule has 5 rings (SSSR count). The first-order valence-electron chi connectivity index (χ1n) is 10.4. The molecule has 5 heterocycles. The first-order valence-corrected chi connectivity index (χ1v) is 12.0. The van der Waals surface area contributed by atoms with E-state index in [2.05, 4.69) is 36.3 Å². The number of rotatable bonds is 5. The van der Waals surface area contributed by atoms with Crippen LogP contribution in [0.25, 0.3) is 27.2 Å². The van der Waals surface area contributed by atoms with E-state index in [9.17, 15) is 31.5 Å². The Hall–Kier alpha value is -3.92. The van der Waals surface area contributed by atoms with E-state index >= 15 is 0 Å². The minimum atomic E-state index is -4.81. The number of anilines is 1. The molecule has 9 nitrogen and oxygen atoms in total. The lowest BCUT2D eigenvalue weighted by atomic mass is 10.1. The van der Waals surface area contributed by atoms with Crippen molar-refractivity contribution in [2.45, 2.75) is 19.5 Å². The fraction of sp³-hybridized carbons (Fsp3) is 0.136. The third kappa shape index (κ3) is 4.28.